The number of fused-ring (bicyclic) bond motifs is 1. The number of carbonyl (C=O) groups excluding carboxylic acids is 1. The maximum atomic E-state index is 12.6. The van der Waals surface area contributed by atoms with Gasteiger partial charge in [0, 0.05) is 29.5 Å². The molecule has 5 rings (SSSR count). The smallest absolute Gasteiger partial charge is 0.224 e. The van der Waals surface area contributed by atoms with E-state index in [9.17, 15) is 9.90 Å². The van der Waals surface area contributed by atoms with Gasteiger partial charge in [-0.1, -0.05) is 60.9 Å². The lowest BCUT2D eigenvalue weighted by molar-refractivity contribution is -0.916. The lowest BCUT2D eigenvalue weighted by atomic mass is 9.94. The Balaban J connectivity index is 1.10. The van der Waals surface area contributed by atoms with Crippen molar-refractivity contribution >= 4 is 5.91 Å². The molecule has 4 heteroatoms. The summed E-state index contributed by atoms with van der Waals surface area (Å²) in [6, 6.07) is 14.9. The number of amides is 1. The molecule has 170 valence electrons. The topological polar surface area (TPSA) is 49.3 Å². The number of piperidine rings is 1. The van der Waals surface area contributed by atoms with Crippen molar-refractivity contribution in [2.75, 3.05) is 26.7 Å². The van der Waals surface area contributed by atoms with Crippen molar-refractivity contribution in [1.82, 2.24) is 5.32 Å². The zero-order valence-corrected chi connectivity index (χ0v) is 19.5. The molecule has 1 aliphatic heterocycles. The van der Waals surface area contributed by atoms with Crippen LogP contribution in [0.4, 0.5) is 0 Å². The van der Waals surface area contributed by atoms with Crippen molar-refractivity contribution in [3.63, 3.8) is 0 Å². The number of benzene rings is 2. The molecule has 2 unspecified atom stereocenters. The van der Waals surface area contributed by atoms with E-state index in [4.69, 9.17) is 0 Å². The summed E-state index contributed by atoms with van der Waals surface area (Å²) in [5, 5.41) is 13.9. The number of aromatic hydroxyl groups is 1. The standard InChI is InChI=1S/C28H36N2O2/c1-19-10-12-20(13-11-19)16-30(2)17-25-24(26(25)18-30)15-29-27(31)14-22-8-5-9-23(28(22)32)21-6-3-4-7-21/h5,8-13,21,24-26H,3-4,6-7,14-18H2,1-2H3,(H-,29,31,32)/p+1. The number of phenolic OH excluding ortho intramolecular Hbond substituents is 1. The second-order valence-corrected chi connectivity index (χ2v) is 10.9. The summed E-state index contributed by atoms with van der Waals surface area (Å²) < 4.78 is 1.12. The Morgan fingerprint density at radius 3 is 2.44 bits per heavy atom. The van der Waals surface area contributed by atoms with Gasteiger partial charge in [0.2, 0.25) is 5.91 Å². The van der Waals surface area contributed by atoms with Crippen LogP contribution in [0.1, 0.15) is 53.9 Å². The van der Waals surface area contributed by atoms with E-state index in [0.717, 1.165) is 53.4 Å². The fraction of sp³-hybridized carbons (Fsp3) is 0.536. The number of nitrogens with one attached hydrogen (secondary N) is 1. The number of rotatable bonds is 7. The molecular weight excluding hydrogens is 396 g/mol. The SMILES string of the molecule is Cc1ccc(C[N+]2(C)CC3C(CNC(=O)Cc4cccc(C5CCCC5)c4O)C3C2)cc1. The van der Waals surface area contributed by atoms with Crippen LogP contribution in [-0.4, -0.2) is 42.2 Å². The number of para-hydroxylation sites is 1. The van der Waals surface area contributed by atoms with Crippen molar-refractivity contribution in [2.24, 2.45) is 17.8 Å². The average molecular weight is 434 g/mol. The van der Waals surface area contributed by atoms with Crippen molar-refractivity contribution in [3.05, 3.63) is 64.7 Å². The molecule has 2 aromatic rings. The van der Waals surface area contributed by atoms with Crippen LogP contribution < -0.4 is 5.32 Å². The number of likely N-dealkylation sites (tertiary alicyclic amines) is 1. The summed E-state index contributed by atoms with van der Waals surface area (Å²) in [7, 11) is 2.38. The predicted molar refractivity (Wildman–Crippen MR) is 127 cm³/mol. The maximum Gasteiger partial charge on any atom is 0.224 e. The fourth-order valence-corrected chi connectivity index (χ4v) is 6.51. The van der Waals surface area contributed by atoms with E-state index in [1.165, 1.54) is 37.1 Å². The monoisotopic (exact) mass is 433 g/mol. The Bertz CT molecular complexity index is 965. The van der Waals surface area contributed by atoms with E-state index < -0.39 is 0 Å². The molecule has 3 fully saturated rings. The van der Waals surface area contributed by atoms with Gasteiger partial charge in [0.25, 0.3) is 0 Å². The summed E-state index contributed by atoms with van der Waals surface area (Å²) >= 11 is 0. The van der Waals surface area contributed by atoms with Crippen molar-refractivity contribution in [2.45, 2.75) is 51.5 Å². The molecule has 2 saturated carbocycles. The molecule has 1 amide bonds. The van der Waals surface area contributed by atoms with E-state index in [2.05, 4.69) is 43.6 Å². The molecule has 2 atom stereocenters. The van der Waals surface area contributed by atoms with Crippen LogP contribution in [0.25, 0.3) is 0 Å². The Morgan fingerprint density at radius 1 is 1.06 bits per heavy atom. The Labute approximate surface area is 192 Å². The normalized spacial score (nSPS) is 29.1. The van der Waals surface area contributed by atoms with E-state index in [1.54, 1.807) is 0 Å². The van der Waals surface area contributed by atoms with Gasteiger partial charge in [0.05, 0.1) is 26.6 Å². The number of hydrogen-bond donors (Lipinski definition) is 2. The Kier molecular flexibility index (Phi) is 5.75. The summed E-state index contributed by atoms with van der Waals surface area (Å²) in [6.45, 7) is 6.44. The average Bonchev–Trinajstić information content (AvgIpc) is 3.14. The highest BCUT2D eigenvalue weighted by molar-refractivity contribution is 5.79. The lowest BCUT2D eigenvalue weighted by Gasteiger charge is -2.32. The van der Waals surface area contributed by atoms with Crippen LogP contribution in [0.2, 0.25) is 0 Å². The van der Waals surface area contributed by atoms with Crippen LogP contribution in [0, 0.1) is 24.7 Å². The Morgan fingerprint density at radius 2 is 1.75 bits per heavy atom. The van der Waals surface area contributed by atoms with Gasteiger partial charge in [-0.3, -0.25) is 4.79 Å². The van der Waals surface area contributed by atoms with E-state index in [1.807, 2.05) is 18.2 Å². The second kappa shape index (κ2) is 8.55. The van der Waals surface area contributed by atoms with Gasteiger partial charge in [-0.25, -0.2) is 0 Å². The van der Waals surface area contributed by atoms with Crippen LogP contribution in [0.15, 0.2) is 42.5 Å². The van der Waals surface area contributed by atoms with Crippen molar-refractivity contribution in [1.29, 1.82) is 0 Å². The largest absolute Gasteiger partial charge is 0.507 e. The molecule has 1 heterocycles. The molecule has 2 N–H and O–H groups in total. The molecule has 1 saturated heterocycles. The molecular formula is C28H37N2O2+. The quantitative estimate of drug-likeness (QED) is 0.630. The van der Waals surface area contributed by atoms with E-state index in [0.29, 0.717) is 17.6 Å². The zero-order chi connectivity index (χ0) is 22.3. The highest BCUT2D eigenvalue weighted by Crippen LogP contribution is 2.53. The van der Waals surface area contributed by atoms with Gasteiger partial charge in [-0.2, -0.15) is 0 Å². The molecule has 0 aromatic heterocycles. The highest BCUT2D eigenvalue weighted by Gasteiger charge is 2.61. The van der Waals surface area contributed by atoms with E-state index >= 15 is 0 Å². The van der Waals surface area contributed by atoms with Gasteiger partial charge >= 0.3 is 0 Å². The number of quaternary nitrogens is 1. The van der Waals surface area contributed by atoms with Gasteiger partial charge in [0.1, 0.15) is 12.3 Å². The van der Waals surface area contributed by atoms with Crippen molar-refractivity contribution in [3.8, 4) is 5.75 Å². The minimum atomic E-state index is 0.0331. The summed E-state index contributed by atoms with van der Waals surface area (Å²) in [5.41, 5.74) is 4.54. The molecule has 32 heavy (non-hydrogen) atoms. The fourth-order valence-electron chi connectivity index (χ4n) is 6.51. The lowest BCUT2D eigenvalue weighted by Crippen LogP contribution is -2.44. The molecule has 3 aliphatic rings. The molecule has 4 nitrogen and oxygen atoms in total. The first-order valence-corrected chi connectivity index (χ1v) is 12.4. The zero-order valence-electron chi connectivity index (χ0n) is 19.5. The summed E-state index contributed by atoms with van der Waals surface area (Å²) in [4.78, 5) is 12.6. The molecule has 0 radical (unpaired) electrons. The number of carbonyl (C=O) groups is 1. The van der Waals surface area contributed by atoms with Crippen LogP contribution in [0.5, 0.6) is 5.75 Å². The van der Waals surface area contributed by atoms with Gasteiger partial charge in [-0.05, 0) is 37.2 Å². The Hall–Kier alpha value is -2.33. The predicted octanol–water partition coefficient (Wildman–Crippen LogP) is 4.54. The van der Waals surface area contributed by atoms with Gasteiger partial charge < -0.3 is 14.9 Å². The van der Waals surface area contributed by atoms with Crippen LogP contribution in [0.3, 0.4) is 0 Å². The maximum absolute atomic E-state index is 12.6. The third-order valence-corrected chi connectivity index (χ3v) is 8.33. The number of phenols is 1. The first kappa shape index (κ1) is 21.5. The summed E-state index contributed by atoms with van der Waals surface area (Å²) in [6.07, 6.45) is 5.04. The van der Waals surface area contributed by atoms with Crippen LogP contribution >= 0.6 is 0 Å². The molecule has 0 bridgehead atoms. The molecule has 2 aromatic carbocycles. The minimum absolute atomic E-state index is 0.0331. The van der Waals surface area contributed by atoms with Gasteiger partial charge in [-0.15, -0.1) is 0 Å². The first-order valence-electron chi connectivity index (χ1n) is 12.4. The van der Waals surface area contributed by atoms with Crippen LogP contribution in [-0.2, 0) is 17.8 Å². The highest BCUT2D eigenvalue weighted by atomic mass is 16.3. The number of aryl methyl sites for hydroxylation is 1. The minimum Gasteiger partial charge on any atom is -0.507 e. The molecule has 2 aliphatic carbocycles. The van der Waals surface area contributed by atoms with Crippen molar-refractivity contribution < 1.29 is 14.4 Å². The van der Waals surface area contributed by atoms with Gasteiger partial charge in [0.15, 0.2) is 0 Å². The summed E-state index contributed by atoms with van der Waals surface area (Å²) in [5.74, 6) is 2.94. The second-order valence-electron chi connectivity index (χ2n) is 10.9. The molecule has 0 spiro atoms. The third kappa shape index (κ3) is 4.43. The van der Waals surface area contributed by atoms with E-state index in [-0.39, 0.29) is 12.3 Å². The number of nitrogens with zero attached hydrogens (tertiary/aromatic N) is 1. The third-order valence-electron chi connectivity index (χ3n) is 8.33. The first-order chi connectivity index (χ1) is 15.4. The number of hydrogen-bond acceptors (Lipinski definition) is 2.